The maximum Gasteiger partial charge on any atom is 0.416 e. The molecule has 1 aromatic carbocycles. The average Bonchev–Trinajstić information content (AvgIpc) is 2.51. The first-order valence-electron chi connectivity index (χ1n) is 7.61. The predicted octanol–water partition coefficient (Wildman–Crippen LogP) is 4.93. The Hall–Kier alpha value is -2.05. The Morgan fingerprint density at radius 2 is 2.00 bits per heavy atom. The molecule has 0 unspecified atom stereocenters. The van der Waals surface area contributed by atoms with E-state index in [1.54, 1.807) is 6.08 Å². The van der Waals surface area contributed by atoms with Gasteiger partial charge in [-0.05, 0) is 37.5 Å². The number of carbonyl (C=O) groups excluding carboxylic acids is 1. The van der Waals surface area contributed by atoms with E-state index in [4.69, 9.17) is 0 Å². The summed E-state index contributed by atoms with van der Waals surface area (Å²) < 4.78 is 56.3. The highest BCUT2D eigenvalue weighted by Crippen LogP contribution is 2.32. The number of alkyl halides is 3. The third kappa shape index (κ3) is 6.60. The largest absolute Gasteiger partial charge is 0.467 e. The second-order valence-corrected chi connectivity index (χ2v) is 5.37. The zero-order chi connectivity index (χ0) is 18.2. The fourth-order valence-electron chi connectivity index (χ4n) is 2.24. The van der Waals surface area contributed by atoms with E-state index in [1.165, 1.54) is 7.11 Å². The first-order valence-corrected chi connectivity index (χ1v) is 7.61. The molecular formula is C17H21F4NO2. The third-order valence-corrected chi connectivity index (χ3v) is 3.45. The summed E-state index contributed by atoms with van der Waals surface area (Å²) in [5, 5.41) is 2.64. The van der Waals surface area contributed by atoms with Crippen molar-refractivity contribution in [2.45, 2.75) is 44.3 Å². The minimum Gasteiger partial charge on any atom is -0.467 e. The number of nitrogens with one attached hydrogen (secondary N) is 1. The van der Waals surface area contributed by atoms with Gasteiger partial charge in [0.1, 0.15) is 11.9 Å². The van der Waals surface area contributed by atoms with Crippen LogP contribution in [0.2, 0.25) is 0 Å². The van der Waals surface area contributed by atoms with Crippen molar-refractivity contribution in [2.24, 2.45) is 0 Å². The number of carbonyl (C=O) groups is 1. The van der Waals surface area contributed by atoms with Crippen LogP contribution in [0.3, 0.4) is 0 Å². The van der Waals surface area contributed by atoms with Crippen LogP contribution >= 0.6 is 0 Å². The van der Waals surface area contributed by atoms with Gasteiger partial charge in [-0.15, -0.1) is 6.58 Å². The molecule has 0 aliphatic carbocycles. The van der Waals surface area contributed by atoms with Crippen molar-refractivity contribution in [3.63, 3.8) is 0 Å². The Morgan fingerprint density at radius 3 is 2.58 bits per heavy atom. The Balaban J connectivity index is 2.80. The number of halogens is 4. The average molecular weight is 347 g/mol. The normalized spacial score (nSPS) is 12.5. The van der Waals surface area contributed by atoms with Crippen molar-refractivity contribution >= 4 is 11.7 Å². The maximum atomic E-state index is 13.4. The lowest BCUT2D eigenvalue weighted by molar-refractivity contribution is -0.141. The highest BCUT2D eigenvalue weighted by atomic mass is 19.4. The number of esters is 1. The Labute approximate surface area is 138 Å². The Morgan fingerprint density at radius 1 is 1.29 bits per heavy atom. The van der Waals surface area contributed by atoms with E-state index in [0.29, 0.717) is 18.9 Å². The van der Waals surface area contributed by atoms with Gasteiger partial charge in [-0.3, -0.25) is 0 Å². The molecule has 1 aromatic rings. The van der Waals surface area contributed by atoms with E-state index in [0.717, 1.165) is 31.4 Å². The van der Waals surface area contributed by atoms with Gasteiger partial charge in [-0.2, -0.15) is 13.2 Å². The molecule has 0 spiro atoms. The lowest BCUT2D eigenvalue weighted by Gasteiger charge is -2.18. The van der Waals surface area contributed by atoms with Crippen LogP contribution in [-0.2, 0) is 15.7 Å². The van der Waals surface area contributed by atoms with Crippen molar-refractivity contribution in [3.8, 4) is 0 Å². The molecule has 0 bridgehead atoms. The third-order valence-electron chi connectivity index (χ3n) is 3.45. The number of hydrogen-bond acceptors (Lipinski definition) is 3. The monoisotopic (exact) mass is 347 g/mol. The smallest absolute Gasteiger partial charge is 0.416 e. The van der Waals surface area contributed by atoms with Gasteiger partial charge in [0.15, 0.2) is 0 Å². The van der Waals surface area contributed by atoms with Gasteiger partial charge in [0.2, 0.25) is 0 Å². The first-order chi connectivity index (χ1) is 11.3. The van der Waals surface area contributed by atoms with Crippen LogP contribution in [0.4, 0.5) is 23.2 Å². The Bertz CT molecular complexity index is 558. The molecule has 0 aliphatic rings. The standard InChI is InChI=1S/C17H21F4NO2/c1-3-4-5-6-7-8-15(16(23)24-2)22-14-10-12(17(19,20)21)9-13(18)11-14/h3,9-11,15,22H,1,4-8H2,2H3/t15-/m0/s1. The number of rotatable bonds is 9. The molecule has 0 saturated carbocycles. The van der Waals surface area contributed by atoms with Crippen molar-refractivity contribution in [1.29, 1.82) is 0 Å². The van der Waals surface area contributed by atoms with Crippen LogP contribution in [-0.4, -0.2) is 19.1 Å². The van der Waals surface area contributed by atoms with Gasteiger partial charge >= 0.3 is 12.1 Å². The molecule has 0 radical (unpaired) electrons. The second kappa shape index (κ2) is 9.30. The van der Waals surface area contributed by atoms with E-state index >= 15 is 0 Å². The van der Waals surface area contributed by atoms with Crippen LogP contribution < -0.4 is 5.32 Å². The lowest BCUT2D eigenvalue weighted by atomic mass is 10.1. The molecule has 1 atom stereocenters. The van der Waals surface area contributed by atoms with Crippen molar-refractivity contribution in [1.82, 2.24) is 0 Å². The summed E-state index contributed by atoms with van der Waals surface area (Å²) in [4.78, 5) is 11.8. The summed E-state index contributed by atoms with van der Waals surface area (Å²) in [5.74, 6) is -1.63. The highest BCUT2D eigenvalue weighted by Gasteiger charge is 2.31. The van der Waals surface area contributed by atoms with Gasteiger partial charge in [-0.25, -0.2) is 9.18 Å². The topological polar surface area (TPSA) is 38.3 Å². The summed E-state index contributed by atoms with van der Waals surface area (Å²) in [6.07, 6.45) is 0.804. The molecule has 24 heavy (non-hydrogen) atoms. The van der Waals surface area contributed by atoms with Crippen molar-refractivity contribution in [2.75, 3.05) is 12.4 Å². The highest BCUT2D eigenvalue weighted by molar-refractivity contribution is 5.79. The fraction of sp³-hybridized carbons (Fsp3) is 0.471. The van der Waals surface area contributed by atoms with Gasteiger partial charge in [0.25, 0.3) is 0 Å². The van der Waals surface area contributed by atoms with Crippen LogP contribution in [0, 0.1) is 5.82 Å². The van der Waals surface area contributed by atoms with E-state index < -0.39 is 29.6 Å². The molecule has 1 rings (SSSR count). The molecule has 1 N–H and O–H groups in total. The van der Waals surface area contributed by atoms with Crippen molar-refractivity contribution in [3.05, 3.63) is 42.2 Å². The zero-order valence-corrected chi connectivity index (χ0v) is 13.5. The minimum absolute atomic E-state index is 0.108. The Kier molecular flexibility index (Phi) is 7.74. The number of ether oxygens (including phenoxy) is 1. The second-order valence-electron chi connectivity index (χ2n) is 5.37. The SMILES string of the molecule is C=CCCCCC[C@H](Nc1cc(F)cc(C(F)(F)F)c1)C(=O)OC. The number of benzene rings is 1. The minimum atomic E-state index is -4.66. The van der Waals surface area contributed by atoms with E-state index in [1.807, 2.05) is 0 Å². The van der Waals surface area contributed by atoms with Gasteiger partial charge in [0.05, 0.1) is 12.7 Å². The van der Waals surface area contributed by atoms with Crippen LogP contribution in [0.5, 0.6) is 0 Å². The molecular weight excluding hydrogens is 326 g/mol. The predicted molar refractivity (Wildman–Crippen MR) is 84.1 cm³/mol. The number of allylic oxidation sites excluding steroid dienone is 1. The summed E-state index contributed by atoms with van der Waals surface area (Å²) in [6, 6.07) is 1.27. The van der Waals surface area contributed by atoms with Gasteiger partial charge < -0.3 is 10.1 Å². The maximum absolute atomic E-state index is 13.4. The summed E-state index contributed by atoms with van der Waals surface area (Å²) in [5.41, 5.74) is -1.22. The molecule has 0 fully saturated rings. The zero-order valence-electron chi connectivity index (χ0n) is 13.5. The molecule has 7 heteroatoms. The van der Waals surface area contributed by atoms with Crippen LogP contribution in [0.1, 0.15) is 37.7 Å². The van der Waals surface area contributed by atoms with E-state index in [9.17, 15) is 22.4 Å². The summed E-state index contributed by atoms with van der Waals surface area (Å²) >= 11 is 0. The lowest BCUT2D eigenvalue weighted by Crippen LogP contribution is -2.30. The molecule has 3 nitrogen and oxygen atoms in total. The molecule has 134 valence electrons. The summed E-state index contributed by atoms with van der Waals surface area (Å²) in [7, 11) is 1.20. The molecule has 0 saturated heterocycles. The number of anilines is 1. The molecule has 0 heterocycles. The van der Waals surface area contributed by atoms with Gasteiger partial charge in [-0.1, -0.05) is 18.9 Å². The number of hydrogen-bond donors (Lipinski definition) is 1. The quantitative estimate of drug-likeness (QED) is 0.298. The fourth-order valence-corrected chi connectivity index (χ4v) is 2.24. The molecule has 0 aliphatic heterocycles. The van der Waals surface area contributed by atoms with Crippen LogP contribution in [0.15, 0.2) is 30.9 Å². The van der Waals surface area contributed by atoms with E-state index in [2.05, 4.69) is 16.6 Å². The summed E-state index contributed by atoms with van der Waals surface area (Å²) in [6.45, 7) is 3.61. The van der Waals surface area contributed by atoms with Gasteiger partial charge in [0, 0.05) is 5.69 Å². The molecule has 0 amide bonds. The van der Waals surface area contributed by atoms with Crippen LogP contribution in [0.25, 0.3) is 0 Å². The first kappa shape index (κ1) is 20.0. The number of unbranched alkanes of at least 4 members (excludes halogenated alkanes) is 3. The van der Waals surface area contributed by atoms with E-state index in [-0.39, 0.29) is 5.69 Å². The molecule has 0 aromatic heterocycles. The number of methoxy groups -OCH3 is 1. The van der Waals surface area contributed by atoms with Crippen molar-refractivity contribution < 1.29 is 27.1 Å².